The molecule has 2 rings (SSSR count). The minimum Gasteiger partial charge on any atom is -0.447 e. The number of ether oxygens (including phenoxy) is 1. The van der Waals surface area contributed by atoms with Gasteiger partial charge in [-0.2, -0.15) is 5.26 Å². The minimum absolute atomic E-state index is 0.00412. The van der Waals surface area contributed by atoms with Crippen molar-refractivity contribution in [2.75, 3.05) is 0 Å². The van der Waals surface area contributed by atoms with E-state index < -0.39 is 4.92 Å². The smallest absolute Gasteiger partial charge is 0.314 e. The first-order valence-corrected chi connectivity index (χ1v) is 6.59. The van der Waals surface area contributed by atoms with Crippen LogP contribution in [-0.2, 0) is 0 Å². The fraction of sp³-hybridized carbons (Fsp3) is 0. The van der Waals surface area contributed by atoms with Crippen molar-refractivity contribution in [3.63, 3.8) is 0 Å². The molecule has 0 bridgehead atoms. The van der Waals surface area contributed by atoms with Crippen LogP contribution in [0.4, 0.5) is 5.69 Å². The van der Waals surface area contributed by atoms with E-state index in [-0.39, 0.29) is 22.7 Å². The summed E-state index contributed by atoms with van der Waals surface area (Å²) in [6.07, 6.45) is 3.28. The van der Waals surface area contributed by atoms with Crippen molar-refractivity contribution in [1.82, 2.24) is 4.98 Å². The summed E-state index contributed by atoms with van der Waals surface area (Å²) < 4.78 is 5.88. The summed E-state index contributed by atoms with van der Waals surface area (Å²) in [4.78, 5) is 25.0. The van der Waals surface area contributed by atoms with Crippen molar-refractivity contribution in [1.29, 1.82) is 5.26 Å². The SMILES string of the molecule is N#Cc1cc(I)c(Oc2cncc(C=O)c2)c([N+](=O)[O-])c1. The molecule has 0 N–H and O–H groups in total. The molecule has 0 aliphatic carbocycles. The Balaban J connectivity index is 2.50. The van der Waals surface area contributed by atoms with E-state index in [1.807, 2.05) is 28.7 Å². The standard InChI is InChI=1S/C13H6IN3O4/c14-11-2-8(4-15)3-12(17(19)20)13(11)21-10-1-9(7-18)5-16-6-10/h1-3,5-7H. The molecule has 1 heterocycles. The Kier molecular flexibility index (Phi) is 4.44. The predicted octanol–water partition coefficient (Wildman–Crippen LogP) is 3.07. The first-order valence-electron chi connectivity index (χ1n) is 5.51. The Morgan fingerprint density at radius 2 is 2.14 bits per heavy atom. The van der Waals surface area contributed by atoms with E-state index in [4.69, 9.17) is 10.00 Å². The zero-order chi connectivity index (χ0) is 15.4. The average Bonchev–Trinajstić information content (AvgIpc) is 2.49. The lowest BCUT2D eigenvalue weighted by molar-refractivity contribution is -0.385. The van der Waals surface area contributed by atoms with Crippen molar-refractivity contribution in [3.8, 4) is 17.6 Å². The lowest BCUT2D eigenvalue weighted by Crippen LogP contribution is -1.98. The zero-order valence-electron chi connectivity index (χ0n) is 10.3. The van der Waals surface area contributed by atoms with Gasteiger partial charge in [0.15, 0.2) is 6.29 Å². The highest BCUT2D eigenvalue weighted by Gasteiger charge is 2.21. The van der Waals surface area contributed by atoms with Gasteiger partial charge < -0.3 is 4.74 Å². The highest BCUT2D eigenvalue weighted by Crippen LogP contribution is 2.36. The number of aromatic nitrogens is 1. The van der Waals surface area contributed by atoms with Gasteiger partial charge in [0.25, 0.3) is 0 Å². The molecule has 0 aliphatic rings. The molecule has 21 heavy (non-hydrogen) atoms. The molecule has 1 aromatic carbocycles. The molecular formula is C13H6IN3O4. The summed E-state index contributed by atoms with van der Waals surface area (Å²) in [7, 11) is 0. The van der Waals surface area contributed by atoms with E-state index in [1.54, 1.807) is 0 Å². The molecular weight excluding hydrogens is 389 g/mol. The zero-order valence-corrected chi connectivity index (χ0v) is 12.5. The van der Waals surface area contributed by atoms with E-state index >= 15 is 0 Å². The van der Waals surface area contributed by atoms with Crippen molar-refractivity contribution < 1.29 is 14.5 Å². The van der Waals surface area contributed by atoms with Crippen molar-refractivity contribution >= 4 is 34.6 Å². The summed E-state index contributed by atoms with van der Waals surface area (Å²) in [6, 6.07) is 5.87. The second-order valence-electron chi connectivity index (χ2n) is 3.85. The Bertz CT molecular complexity index is 770. The van der Waals surface area contributed by atoms with Crippen LogP contribution >= 0.6 is 22.6 Å². The summed E-state index contributed by atoms with van der Waals surface area (Å²) >= 11 is 1.84. The highest BCUT2D eigenvalue weighted by atomic mass is 127. The highest BCUT2D eigenvalue weighted by molar-refractivity contribution is 14.1. The molecule has 0 atom stereocenters. The molecule has 7 nitrogen and oxygen atoms in total. The van der Waals surface area contributed by atoms with Crippen LogP contribution in [0.5, 0.6) is 11.5 Å². The van der Waals surface area contributed by atoms with Crippen LogP contribution in [-0.4, -0.2) is 16.2 Å². The van der Waals surface area contributed by atoms with Crippen LogP contribution in [0, 0.1) is 25.0 Å². The normalized spacial score (nSPS) is 9.71. The predicted molar refractivity (Wildman–Crippen MR) is 80.2 cm³/mol. The number of nitrogens with zero attached hydrogens (tertiary/aromatic N) is 3. The molecule has 0 aliphatic heterocycles. The van der Waals surface area contributed by atoms with E-state index in [0.717, 1.165) is 6.07 Å². The van der Waals surface area contributed by atoms with Gasteiger partial charge in [0.05, 0.1) is 26.3 Å². The first-order chi connectivity index (χ1) is 10.0. The van der Waals surface area contributed by atoms with Gasteiger partial charge in [0.1, 0.15) is 5.75 Å². The number of nitro benzene ring substituents is 1. The van der Waals surface area contributed by atoms with Gasteiger partial charge >= 0.3 is 5.69 Å². The quantitative estimate of drug-likeness (QED) is 0.341. The number of halogens is 1. The third-order valence-corrected chi connectivity index (χ3v) is 3.24. The molecule has 0 saturated heterocycles. The third kappa shape index (κ3) is 3.32. The van der Waals surface area contributed by atoms with Gasteiger partial charge in [-0.3, -0.25) is 19.9 Å². The number of carbonyl (C=O) groups excluding carboxylic acids is 1. The number of hydrogen-bond acceptors (Lipinski definition) is 6. The van der Waals surface area contributed by atoms with E-state index in [2.05, 4.69) is 4.98 Å². The second kappa shape index (κ2) is 6.27. The number of aldehydes is 1. The Morgan fingerprint density at radius 3 is 2.76 bits per heavy atom. The summed E-state index contributed by atoms with van der Waals surface area (Å²) in [6.45, 7) is 0. The largest absolute Gasteiger partial charge is 0.447 e. The maximum absolute atomic E-state index is 11.1. The Labute approximate surface area is 132 Å². The Morgan fingerprint density at radius 1 is 1.38 bits per heavy atom. The fourth-order valence-electron chi connectivity index (χ4n) is 1.55. The molecule has 0 unspecified atom stereocenters. The molecule has 0 fully saturated rings. The second-order valence-corrected chi connectivity index (χ2v) is 5.01. The topological polar surface area (TPSA) is 106 Å². The Hall–Kier alpha value is -2.54. The number of nitriles is 1. The molecule has 104 valence electrons. The maximum atomic E-state index is 11.1. The van der Waals surface area contributed by atoms with Crippen molar-refractivity contribution in [3.05, 3.63) is 55.4 Å². The van der Waals surface area contributed by atoms with Gasteiger partial charge in [0, 0.05) is 17.8 Å². The van der Waals surface area contributed by atoms with Crippen LogP contribution in [0.2, 0.25) is 0 Å². The number of rotatable bonds is 4. The molecule has 1 aromatic heterocycles. The fourth-order valence-corrected chi connectivity index (χ4v) is 2.28. The van der Waals surface area contributed by atoms with E-state index in [0.29, 0.717) is 15.4 Å². The molecule has 8 heteroatoms. The lowest BCUT2D eigenvalue weighted by Gasteiger charge is -2.08. The average molecular weight is 395 g/mol. The molecule has 0 amide bonds. The maximum Gasteiger partial charge on any atom is 0.314 e. The number of hydrogen-bond donors (Lipinski definition) is 0. The van der Waals surface area contributed by atoms with Crippen molar-refractivity contribution in [2.24, 2.45) is 0 Å². The monoisotopic (exact) mass is 395 g/mol. The van der Waals surface area contributed by atoms with Gasteiger partial charge in [-0.05, 0) is 34.7 Å². The first kappa shape index (κ1) is 14.9. The van der Waals surface area contributed by atoms with Gasteiger partial charge in [-0.15, -0.1) is 0 Å². The lowest BCUT2D eigenvalue weighted by atomic mass is 10.2. The van der Waals surface area contributed by atoms with Crippen LogP contribution in [0.25, 0.3) is 0 Å². The van der Waals surface area contributed by atoms with Crippen LogP contribution in [0.1, 0.15) is 15.9 Å². The minimum atomic E-state index is -0.630. The van der Waals surface area contributed by atoms with Gasteiger partial charge in [0.2, 0.25) is 5.75 Å². The van der Waals surface area contributed by atoms with Crippen molar-refractivity contribution in [2.45, 2.75) is 0 Å². The van der Waals surface area contributed by atoms with E-state index in [1.165, 1.54) is 24.5 Å². The molecule has 0 saturated carbocycles. The summed E-state index contributed by atoms with van der Waals surface area (Å²) in [5.74, 6) is 0.203. The summed E-state index contributed by atoms with van der Waals surface area (Å²) in [5, 5.41) is 19.9. The number of carbonyl (C=O) groups is 1. The van der Waals surface area contributed by atoms with Crippen LogP contribution in [0.3, 0.4) is 0 Å². The number of pyridine rings is 1. The van der Waals surface area contributed by atoms with Crippen LogP contribution in [0.15, 0.2) is 30.6 Å². The van der Waals surface area contributed by atoms with Crippen LogP contribution < -0.4 is 4.74 Å². The van der Waals surface area contributed by atoms with Gasteiger partial charge in [-0.1, -0.05) is 0 Å². The molecule has 2 aromatic rings. The third-order valence-electron chi connectivity index (χ3n) is 2.44. The molecule has 0 radical (unpaired) electrons. The van der Waals surface area contributed by atoms with Gasteiger partial charge in [-0.25, -0.2) is 0 Å². The summed E-state index contributed by atoms with van der Waals surface area (Å²) in [5.41, 5.74) is 0.131. The number of nitro groups is 1. The van der Waals surface area contributed by atoms with E-state index in [9.17, 15) is 14.9 Å². The number of benzene rings is 1. The molecule has 0 spiro atoms.